The lowest BCUT2D eigenvalue weighted by molar-refractivity contribution is 0.356. The summed E-state index contributed by atoms with van der Waals surface area (Å²) >= 11 is 0. The molecule has 4 aromatic rings. The molecule has 10 heteroatoms. The van der Waals surface area contributed by atoms with Gasteiger partial charge in [0.25, 0.3) is 10.0 Å². The molecular weight excluding hydrogens is 416 g/mol. The zero-order valence-electron chi connectivity index (χ0n) is 16.3. The summed E-state index contributed by atoms with van der Waals surface area (Å²) < 4.78 is 35.2. The molecule has 2 N–H and O–H groups in total. The Balaban J connectivity index is 1.30. The fourth-order valence-electron chi connectivity index (χ4n) is 3.26. The number of nitrogens with zero attached hydrogens (tertiary/aromatic N) is 4. The van der Waals surface area contributed by atoms with Crippen molar-refractivity contribution in [3.63, 3.8) is 0 Å². The van der Waals surface area contributed by atoms with Crippen LogP contribution in [0.25, 0.3) is 5.82 Å². The van der Waals surface area contributed by atoms with Crippen LogP contribution in [0.3, 0.4) is 0 Å². The molecule has 0 unspecified atom stereocenters. The predicted molar refractivity (Wildman–Crippen MR) is 115 cm³/mol. The van der Waals surface area contributed by atoms with E-state index in [2.05, 4.69) is 25.1 Å². The van der Waals surface area contributed by atoms with Crippen LogP contribution in [0, 0.1) is 0 Å². The van der Waals surface area contributed by atoms with E-state index in [0.717, 1.165) is 17.0 Å². The van der Waals surface area contributed by atoms with Crippen LogP contribution in [0.5, 0.6) is 5.75 Å². The van der Waals surface area contributed by atoms with Gasteiger partial charge in [0.15, 0.2) is 5.82 Å². The summed E-state index contributed by atoms with van der Waals surface area (Å²) in [4.78, 5) is 8.62. The Labute approximate surface area is 178 Å². The topological polar surface area (TPSA) is 111 Å². The fourth-order valence-corrected chi connectivity index (χ4v) is 4.37. The molecule has 0 saturated heterocycles. The monoisotopic (exact) mass is 434 g/mol. The zero-order chi connectivity index (χ0) is 21.3. The van der Waals surface area contributed by atoms with Gasteiger partial charge in [0.1, 0.15) is 17.9 Å². The third kappa shape index (κ3) is 4.05. The summed E-state index contributed by atoms with van der Waals surface area (Å²) in [5, 5.41) is 7.32. The average molecular weight is 434 g/mol. The SMILES string of the molecule is O=S(=O)(Nc1ccc(Nc2cc(-n3cccn3)ncn2)cc1)c1ccc2c(c1)CCO2. The highest BCUT2D eigenvalue weighted by molar-refractivity contribution is 7.92. The van der Waals surface area contributed by atoms with Crippen molar-refractivity contribution in [1.82, 2.24) is 19.7 Å². The van der Waals surface area contributed by atoms with Gasteiger partial charge in [-0.25, -0.2) is 23.1 Å². The minimum atomic E-state index is -3.69. The van der Waals surface area contributed by atoms with Gasteiger partial charge in [-0.05, 0) is 54.1 Å². The largest absolute Gasteiger partial charge is 0.493 e. The molecule has 3 heterocycles. The lowest BCUT2D eigenvalue weighted by Crippen LogP contribution is -2.13. The number of fused-ring (bicyclic) bond motifs is 1. The van der Waals surface area contributed by atoms with Gasteiger partial charge in [0, 0.05) is 36.3 Å². The maximum absolute atomic E-state index is 12.7. The van der Waals surface area contributed by atoms with E-state index in [1.165, 1.54) is 6.33 Å². The highest BCUT2D eigenvalue weighted by atomic mass is 32.2. The van der Waals surface area contributed by atoms with E-state index in [1.807, 2.05) is 6.07 Å². The summed E-state index contributed by atoms with van der Waals surface area (Å²) in [6.07, 6.45) is 5.63. The number of aromatic nitrogens is 4. The molecule has 0 bridgehead atoms. The standard InChI is InChI=1S/C21H18N6O3S/c28-31(29,18-6-7-19-15(12-18)8-11-30-19)26-17-4-2-16(3-5-17)25-20-13-21(23-14-22-20)27-10-1-9-24-27/h1-7,9-10,12-14,26H,8,11H2,(H,22,23,25). The van der Waals surface area contributed by atoms with Crippen molar-refractivity contribution < 1.29 is 13.2 Å². The van der Waals surface area contributed by atoms with Crippen LogP contribution in [-0.4, -0.2) is 34.8 Å². The van der Waals surface area contributed by atoms with E-state index in [1.54, 1.807) is 65.6 Å². The van der Waals surface area contributed by atoms with Crippen LogP contribution in [0.15, 0.2) is 78.2 Å². The Morgan fingerprint density at radius 2 is 1.84 bits per heavy atom. The summed E-state index contributed by atoms with van der Waals surface area (Å²) in [7, 11) is -3.69. The molecular formula is C21H18N6O3S. The number of benzene rings is 2. The maximum Gasteiger partial charge on any atom is 0.261 e. The van der Waals surface area contributed by atoms with Crippen LogP contribution < -0.4 is 14.8 Å². The molecule has 2 aromatic heterocycles. The molecule has 0 radical (unpaired) electrons. The smallest absolute Gasteiger partial charge is 0.261 e. The van der Waals surface area contributed by atoms with E-state index < -0.39 is 10.0 Å². The van der Waals surface area contributed by atoms with Gasteiger partial charge in [-0.3, -0.25) is 4.72 Å². The van der Waals surface area contributed by atoms with Crippen molar-refractivity contribution in [2.75, 3.05) is 16.6 Å². The lowest BCUT2D eigenvalue weighted by atomic mass is 10.2. The van der Waals surface area contributed by atoms with E-state index >= 15 is 0 Å². The molecule has 0 fully saturated rings. The number of ether oxygens (including phenoxy) is 1. The first-order valence-corrected chi connectivity index (χ1v) is 11.0. The Kier molecular flexibility index (Phi) is 4.75. The second kappa shape index (κ2) is 7.73. The van der Waals surface area contributed by atoms with Crippen molar-refractivity contribution in [2.45, 2.75) is 11.3 Å². The van der Waals surface area contributed by atoms with Crippen molar-refractivity contribution in [3.05, 3.63) is 78.9 Å². The number of hydrogen-bond acceptors (Lipinski definition) is 7. The number of anilines is 3. The van der Waals surface area contributed by atoms with Crippen LogP contribution in [0.1, 0.15) is 5.56 Å². The molecule has 0 saturated carbocycles. The summed E-state index contributed by atoms with van der Waals surface area (Å²) in [6.45, 7) is 0.580. The molecule has 1 aliphatic heterocycles. The number of nitrogens with one attached hydrogen (secondary N) is 2. The summed E-state index contributed by atoms with van der Waals surface area (Å²) in [5.74, 6) is 1.97. The Morgan fingerprint density at radius 1 is 1.00 bits per heavy atom. The summed E-state index contributed by atoms with van der Waals surface area (Å²) in [6, 6.07) is 15.4. The van der Waals surface area contributed by atoms with Crippen LogP contribution in [0.4, 0.5) is 17.2 Å². The number of rotatable bonds is 6. The minimum Gasteiger partial charge on any atom is -0.493 e. The predicted octanol–water partition coefficient (Wildman–Crippen LogP) is 3.14. The van der Waals surface area contributed by atoms with Crippen LogP contribution >= 0.6 is 0 Å². The molecule has 0 amide bonds. The third-order valence-electron chi connectivity index (χ3n) is 4.77. The van der Waals surface area contributed by atoms with Crippen LogP contribution in [0.2, 0.25) is 0 Å². The van der Waals surface area contributed by atoms with E-state index in [9.17, 15) is 8.42 Å². The molecule has 156 valence electrons. The Morgan fingerprint density at radius 3 is 2.65 bits per heavy atom. The van der Waals surface area contributed by atoms with Gasteiger partial charge in [-0.2, -0.15) is 5.10 Å². The van der Waals surface area contributed by atoms with E-state index in [0.29, 0.717) is 30.4 Å². The Hall–Kier alpha value is -3.92. The van der Waals surface area contributed by atoms with Crippen molar-refractivity contribution >= 4 is 27.2 Å². The number of sulfonamides is 1. The quantitative estimate of drug-likeness (QED) is 0.480. The van der Waals surface area contributed by atoms with E-state index in [4.69, 9.17) is 4.74 Å². The lowest BCUT2D eigenvalue weighted by Gasteiger charge is -2.11. The first-order chi connectivity index (χ1) is 15.1. The highest BCUT2D eigenvalue weighted by Crippen LogP contribution is 2.28. The van der Waals surface area contributed by atoms with Gasteiger partial charge >= 0.3 is 0 Å². The average Bonchev–Trinajstić information content (AvgIpc) is 3.47. The molecule has 31 heavy (non-hydrogen) atoms. The summed E-state index contributed by atoms with van der Waals surface area (Å²) in [5.41, 5.74) is 2.12. The second-order valence-corrected chi connectivity index (χ2v) is 8.57. The molecule has 5 rings (SSSR count). The highest BCUT2D eigenvalue weighted by Gasteiger charge is 2.19. The van der Waals surface area contributed by atoms with Crippen molar-refractivity contribution in [3.8, 4) is 11.6 Å². The molecule has 9 nitrogen and oxygen atoms in total. The maximum atomic E-state index is 12.7. The van der Waals surface area contributed by atoms with Crippen LogP contribution in [-0.2, 0) is 16.4 Å². The zero-order valence-corrected chi connectivity index (χ0v) is 17.1. The van der Waals surface area contributed by atoms with Crippen molar-refractivity contribution in [2.24, 2.45) is 0 Å². The molecule has 2 aromatic carbocycles. The first kappa shape index (κ1) is 19.1. The van der Waals surface area contributed by atoms with Gasteiger partial charge < -0.3 is 10.1 Å². The minimum absolute atomic E-state index is 0.214. The molecule has 0 aliphatic carbocycles. The fraction of sp³-hybridized carbons (Fsp3) is 0.0952. The normalized spacial score (nSPS) is 12.8. The van der Waals surface area contributed by atoms with Gasteiger partial charge in [-0.15, -0.1) is 0 Å². The Bertz CT molecular complexity index is 1320. The van der Waals surface area contributed by atoms with E-state index in [-0.39, 0.29) is 4.90 Å². The van der Waals surface area contributed by atoms with Gasteiger partial charge in [0.05, 0.1) is 11.5 Å². The molecule has 0 atom stereocenters. The molecule has 1 aliphatic rings. The number of hydrogen-bond donors (Lipinski definition) is 2. The molecule has 0 spiro atoms. The van der Waals surface area contributed by atoms with Gasteiger partial charge in [0.2, 0.25) is 0 Å². The van der Waals surface area contributed by atoms with Crippen molar-refractivity contribution in [1.29, 1.82) is 0 Å². The second-order valence-electron chi connectivity index (χ2n) is 6.89. The first-order valence-electron chi connectivity index (χ1n) is 9.54. The third-order valence-corrected chi connectivity index (χ3v) is 6.15. The van der Waals surface area contributed by atoms with Gasteiger partial charge in [-0.1, -0.05) is 0 Å².